The summed E-state index contributed by atoms with van der Waals surface area (Å²) in [5.74, 6) is 1.81. The fourth-order valence-electron chi connectivity index (χ4n) is 7.93. The predicted molar refractivity (Wildman–Crippen MR) is 145 cm³/mol. The third-order valence-corrected chi connectivity index (χ3v) is 10.3. The molecule has 0 aromatic rings. The Hall–Kier alpha value is -1.23. The van der Waals surface area contributed by atoms with Gasteiger partial charge >= 0.3 is 0 Å². The van der Waals surface area contributed by atoms with Crippen molar-refractivity contribution in [1.82, 2.24) is 0 Å². The monoisotopic (exact) mass is 498 g/mol. The second kappa shape index (κ2) is 11.7. The van der Waals surface area contributed by atoms with E-state index in [4.69, 9.17) is 0 Å². The highest BCUT2D eigenvalue weighted by atomic mass is 16.3. The van der Waals surface area contributed by atoms with E-state index in [1.807, 2.05) is 6.08 Å². The maximum Gasteiger partial charge on any atom is 0.141 e. The Balaban J connectivity index is 1.40. The summed E-state index contributed by atoms with van der Waals surface area (Å²) < 4.78 is 0. The number of allylic oxidation sites excluding steroid dienone is 4. The normalized spacial score (nSPS) is 36.6. The van der Waals surface area contributed by atoms with E-state index in [0.29, 0.717) is 43.4 Å². The number of Topliss-reactive ketones (excluding diaryl/α,β-unsaturated/α-hetero) is 1. The molecule has 7 atom stereocenters. The molecule has 0 aromatic heterocycles. The number of unbranched alkanes of at least 4 members (excludes halogenated alkanes) is 2. The molecule has 202 valence electrons. The van der Waals surface area contributed by atoms with Crippen LogP contribution in [0.3, 0.4) is 0 Å². The molecule has 0 unspecified atom stereocenters. The number of hydrogen-bond acceptors (Lipinski definition) is 4. The number of carbonyl (C=O) groups excluding carboxylic acids is 1. The van der Waals surface area contributed by atoms with E-state index < -0.39 is 23.7 Å². The quantitative estimate of drug-likeness (QED) is 0.239. The fraction of sp³-hybridized carbons (Fsp3) is 0.781. The van der Waals surface area contributed by atoms with E-state index in [1.54, 1.807) is 5.57 Å². The first kappa shape index (κ1) is 27.8. The molecule has 3 N–H and O–H groups in total. The van der Waals surface area contributed by atoms with Crippen LogP contribution in [0.25, 0.3) is 0 Å². The zero-order valence-corrected chi connectivity index (χ0v) is 22.9. The molecule has 0 spiro atoms. The minimum atomic E-state index is -0.645. The highest BCUT2D eigenvalue weighted by Crippen LogP contribution is 2.59. The van der Waals surface area contributed by atoms with Gasteiger partial charge in [-0.1, -0.05) is 69.1 Å². The van der Waals surface area contributed by atoms with Gasteiger partial charge in [0.1, 0.15) is 5.78 Å². The first-order valence-electron chi connectivity index (χ1n) is 14.8. The Labute approximate surface area is 219 Å². The highest BCUT2D eigenvalue weighted by Gasteiger charge is 2.54. The van der Waals surface area contributed by atoms with Crippen molar-refractivity contribution in [3.63, 3.8) is 0 Å². The SMILES string of the molecule is CCCCCC(=O)C1([C@@H](O)C=C[C@@H](C)[C@H]2CC[C@H]3C(=CC=C4C[C@@H](O)C[C@H](O)C4)CCC[C@]23C)CC1. The Kier molecular flexibility index (Phi) is 9.00. The summed E-state index contributed by atoms with van der Waals surface area (Å²) in [4.78, 5) is 12.8. The van der Waals surface area contributed by atoms with Gasteiger partial charge in [-0.3, -0.25) is 4.79 Å². The van der Waals surface area contributed by atoms with Crippen LogP contribution in [0.5, 0.6) is 0 Å². The van der Waals surface area contributed by atoms with E-state index in [1.165, 1.54) is 31.3 Å². The molecule has 0 bridgehead atoms. The van der Waals surface area contributed by atoms with Crippen LogP contribution in [0.1, 0.15) is 111 Å². The van der Waals surface area contributed by atoms with Gasteiger partial charge in [0.2, 0.25) is 0 Å². The third-order valence-electron chi connectivity index (χ3n) is 10.3. The molecule has 0 saturated heterocycles. The van der Waals surface area contributed by atoms with Crippen LogP contribution in [-0.4, -0.2) is 39.4 Å². The summed E-state index contributed by atoms with van der Waals surface area (Å²) in [6.45, 7) is 6.93. The van der Waals surface area contributed by atoms with Crippen molar-refractivity contribution in [3.05, 3.63) is 35.5 Å². The number of carbonyl (C=O) groups is 1. The molecule has 4 rings (SSSR count). The maximum absolute atomic E-state index is 12.8. The highest BCUT2D eigenvalue weighted by molar-refractivity contribution is 5.88. The Morgan fingerprint density at radius 2 is 1.78 bits per heavy atom. The van der Waals surface area contributed by atoms with Crippen LogP contribution in [0.4, 0.5) is 0 Å². The van der Waals surface area contributed by atoms with Gasteiger partial charge < -0.3 is 15.3 Å². The Morgan fingerprint density at radius 1 is 1.06 bits per heavy atom. The molecule has 0 amide bonds. The van der Waals surface area contributed by atoms with Crippen molar-refractivity contribution in [2.45, 2.75) is 129 Å². The summed E-state index contributed by atoms with van der Waals surface area (Å²) in [5, 5.41) is 31.0. The van der Waals surface area contributed by atoms with Crippen molar-refractivity contribution in [3.8, 4) is 0 Å². The number of rotatable bonds is 10. The van der Waals surface area contributed by atoms with Gasteiger partial charge in [-0.25, -0.2) is 0 Å². The first-order valence-corrected chi connectivity index (χ1v) is 14.8. The van der Waals surface area contributed by atoms with Crippen molar-refractivity contribution in [1.29, 1.82) is 0 Å². The van der Waals surface area contributed by atoms with E-state index >= 15 is 0 Å². The summed E-state index contributed by atoms with van der Waals surface area (Å²) in [5.41, 5.74) is 2.47. The van der Waals surface area contributed by atoms with Gasteiger partial charge in [0, 0.05) is 6.42 Å². The molecule has 0 radical (unpaired) electrons. The minimum absolute atomic E-state index is 0.260. The average molecular weight is 499 g/mol. The molecule has 4 nitrogen and oxygen atoms in total. The summed E-state index contributed by atoms with van der Waals surface area (Å²) in [7, 11) is 0. The molecule has 4 aliphatic carbocycles. The van der Waals surface area contributed by atoms with Crippen LogP contribution in [-0.2, 0) is 4.79 Å². The molecule has 0 aromatic carbocycles. The van der Waals surface area contributed by atoms with Gasteiger partial charge in [0.25, 0.3) is 0 Å². The lowest BCUT2D eigenvalue weighted by molar-refractivity contribution is -0.127. The van der Waals surface area contributed by atoms with Crippen LogP contribution in [0, 0.1) is 28.6 Å². The van der Waals surface area contributed by atoms with Crippen molar-refractivity contribution in [2.24, 2.45) is 28.6 Å². The number of ketones is 1. The lowest BCUT2D eigenvalue weighted by atomic mass is 9.61. The van der Waals surface area contributed by atoms with Crippen molar-refractivity contribution in [2.75, 3.05) is 0 Å². The van der Waals surface area contributed by atoms with E-state index in [0.717, 1.165) is 38.5 Å². The number of hydrogen-bond donors (Lipinski definition) is 3. The lowest BCUT2D eigenvalue weighted by Gasteiger charge is -2.44. The zero-order chi connectivity index (χ0) is 25.9. The van der Waals surface area contributed by atoms with Gasteiger partial charge in [-0.05, 0) is 93.8 Å². The minimum Gasteiger partial charge on any atom is -0.393 e. The average Bonchev–Trinajstić information content (AvgIpc) is 3.57. The largest absolute Gasteiger partial charge is 0.393 e. The molecular formula is C32H50O4. The van der Waals surface area contributed by atoms with Gasteiger partial charge in [-0.2, -0.15) is 0 Å². The molecule has 4 fully saturated rings. The van der Waals surface area contributed by atoms with Gasteiger partial charge in [0.05, 0.1) is 23.7 Å². The standard InChI is InChI=1S/C32H50O4/c1-4-5-6-9-29(35)32(17-18-32)30(36)15-10-22(2)27-13-14-28-24(8-7-16-31(27,28)3)12-11-23-19-25(33)21-26(34)20-23/h10-12,15,22,25-28,30,33-34,36H,4-9,13-14,16-21H2,1-3H3/t22-,25-,26-,27-,28+,30+,31-/m1/s1. The molecule has 4 aliphatic rings. The number of aliphatic hydroxyl groups is 3. The second-order valence-electron chi connectivity index (χ2n) is 12.8. The molecule has 4 heteroatoms. The molecule has 0 aliphatic heterocycles. The lowest BCUT2D eigenvalue weighted by Crippen LogP contribution is -2.35. The Bertz CT molecular complexity index is 853. The van der Waals surface area contributed by atoms with Gasteiger partial charge in [0.15, 0.2) is 0 Å². The smallest absolute Gasteiger partial charge is 0.141 e. The van der Waals surface area contributed by atoms with Crippen LogP contribution in [0.2, 0.25) is 0 Å². The van der Waals surface area contributed by atoms with E-state index in [-0.39, 0.29) is 11.2 Å². The third kappa shape index (κ3) is 5.92. The molecular weight excluding hydrogens is 448 g/mol. The Morgan fingerprint density at radius 3 is 2.44 bits per heavy atom. The molecule has 0 heterocycles. The van der Waals surface area contributed by atoms with Gasteiger partial charge in [-0.15, -0.1) is 0 Å². The summed E-state index contributed by atoms with van der Waals surface area (Å²) >= 11 is 0. The fourth-order valence-corrected chi connectivity index (χ4v) is 7.93. The zero-order valence-electron chi connectivity index (χ0n) is 22.9. The van der Waals surface area contributed by atoms with E-state index in [9.17, 15) is 20.1 Å². The first-order chi connectivity index (χ1) is 17.2. The van der Waals surface area contributed by atoms with Crippen molar-refractivity contribution >= 4 is 5.78 Å². The van der Waals surface area contributed by atoms with Crippen molar-refractivity contribution < 1.29 is 20.1 Å². The van der Waals surface area contributed by atoms with Crippen LogP contribution in [0.15, 0.2) is 35.5 Å². The topological polar surface area (TPSA) is 77.8 Å². The number of fused-ring (bicyclic) bond motifs is 1. The second-order valence-corrected chi connectivity index (χ2v) is 12.8. The summed E-state index contributed by atoms with van der Waals surface area (Å²) in [6.07, 6.45) is 20.5. The predicted octanol–water partition coefficient (Wildman–Crippen LogP) is 6.44. The molecule has 4 saturated carbocycles. The number of aliphatic hydroxyl groups excluding tert-OH is 3. The van der Waals surface area contributed by atoms with Crippen LogP contribution < -0.4 is 0 Å². The maximum atomic E-state index is 12.8. The van der Waals surface area contributed by atoms with E-state index in [2.05, 4.69) is 39.0 Å². The van der Waals surface area contributed by atoms with Crippen LogP contribution >= 0.6 is 0 Å². The molecule has 36 heavy (non-hydrogen) atoms. The summed E-state index contributed by atoms with van der Waals surface area (Å²) in [6, 6.07) is 0.